The molecule has 0 N–H and O–H groups in total. The molecule has 0 aromatic heterocycles. The van der Waals surface area contributed by atoms with Gasteiger partial charge in [-0.05, 0) is 72.2 Å². The zero-order valence-corrected chi connectivity index (χ0v) is 12.8. The van der Waals surface area contributed by atoms with Gasteiger partial charge in [0.25, 0.3) is 0 Å². The molecule has 1 aromatic rings. The highest BCUT2D eigenvalue weighted by Gasteiger charge is 2.23. The number of hydrogen-bond donors (Lipinski definition) is 0. The van der Waals surface area contributed by atoms with E-state index in [1.165, 1.54) is 29.5 Å². The van der Waals surface area contributed by atoms with E-state index in [1.807, 2.05) is 0 Å². The molecule has 2 nitrogen and oxygen atoms in total. The van der Waals surface area contributed by atoms with E-state index in [1.54, 1.807) is 14.0 Å². The van der Waals surface area contributed by atoms with Crippen molar-refractivity contribution in [1.82, 2.24) is 0 Å². The molecule has 0 heterocycles. The summed E-state index contributed by atoms with van der Waals surface area (Å²) in [6, 6.07) is 0. The second kappa shape index (κ2) is 5.43. The predicted molar refractivity (Wildman–Crippen MR) is 76.5 cm³/mol. The molecule has 1 aliphatic rings. The molecule has 1 aliphatic carbocycles. The fraction of sp³-hybridized carbons (Fsp3) is 0.533. The Morgan fingerprint density at radius 1 is 1.28 bits per heavy atom. The zero-order chi connectivity index (χ0) is 13.3. The van der Waals surface area contributed by atoms with Crippen molar-refractivity contribution in [3.63, 3.8) is 0 Å². The van der Waals surface area contributed by atoms with Crippen molar-refractivity contribution < 1.29 is 9.53 Å². The number of fused-ring (bicyclic) bond motifs is 1. The van der Waals surface area contributed by atoms with Gasteiger partial charge in [0.05, 0.1) is 11.6 Å². The Balaban J connectivity index is 2.64. The summed E-state index contributed by atoms with van der Waals surface area (Å²) in [5.41, 5.74) is 5.10. The summed E-state index contributed by atoms with van der Waals surface area (Å²) < 4.78 is 6.58. The Kier molecular flexibility index (Phi) is 4.10. The molecule has 0 saturated heterocycles. The second-order valence-corrected chi connectivity index (χ2v) is 5.79. The van der Waals surface area contributed by atoms with Gasteiger partial charge in [-0.1, -0.05) is 0 Å². The molecule has 3 heteroatoms. The third-order valence-corrected chi connectivity index (χ3v) is 4.58. The van der Waals surface area contributed by atoms with Gasteiger partial charge in [0.2, 0.25) is 0 Å². The van der Waals surface area contributed by atoms with E-state index in [0.29, 0.717) is 6.42 Å². The van der Waals surface area contributed by atoms with Crippen LogP contribution in [0.1, 0.15) is 42.0 Å². The van der Waals surface area contributed by atoms with Crippen molar-refractivity contribution in [3.8, 4) is 5.75 Å². The molecule has 2 rings (SSSR count). The minimum Gasteiger partial charge on any atom is -0.495 e. The Morgan fingerprint density at radius 3 is 2.44 bits per heavy atom. The van der Waals surface area contributed by atoms with Crippen molar-refractivity contribution in [2.75, 3.05) is 7.11 Å². The molecular formula is C15H19BrO2. The van der Waals surface area contributed by atoms with Gasteiger partial charge in [-0.25, -0.2) is 0 Å². The Bertz CT molecular complexity index is 492. The van der Waals surface area contributed by atoms with Crippen molar-refractivity contribution in [3.05, 3.63) is 26.7 Å². The fourth-order valence-electron chi connectivity index (χ4n) is 2.86. The van der Waals surface area contributed by atoms with Crippen molar-refractivity contribution in [1.29, 1.82) is 0 Å². The van der Waals surface area contributed by atoms with E-state index in [2.05, 4.69) is 22.9 Å². The van der Waals surface area contributed by atoms with Crippen LogP contribution in [-0.4, -0.2) is 12.9 Å². The number of Topliss-reactive ketones (excluding diaryl/α,β-unsaturated/α-hetero) is 1. The first-order valence-corrected chi connectivity index (χ1v) is 7.21. The lowest BCUT2D eigenvalue weighted by molar-refractivity contribution is -0.116. The molecule has 0 fully saturated rings. The normalized spacial score (nSPS) is 14.2. The molecule has 0 radical (unpaired) electrons. The van der Waals surface area contributed by atoms with Crippen molar-refractivity contribution in [2.24, 2.45) is 0 Å². The molecule has 98 valence electrons. The minimum absolute atomic E-state index is 0.180. The first-order chi connectivity index (χ1) is 8.56. The summed E-state index contributed by atoms with van der Waals surface area (Å²) in [5.74, 6) is 1.03. The van der Waals surface area contributed by atoms with Gasteiger partial charge in [-0.15, -0.1) is 0 Å². The third kappa shape index (κ3) is 2.33. The first kappa shape index (κ1) is 13.6. The van der Waals surface area contributed by atoms with Gasteiger partial charge in [0, 0.05) is 12.0 Å². The van der Waals surface area contributed by atoms with Gasteiger partial charge in [0.15, 0.2) is 0 Å². The zero-order valence-electron chi connectivity index (χ0n) is 11.2. The number of hydrogen-bond acceptors (Lipinski definition) is 2. The number of carbonyl (C=O) groups excluding carboxylic acids is 1. The highest BCUT2D eigenvalue weighted by molar-refractivity contribution is 9.10. The van der Waals surface area contributed by atoms with Crippen LogP contribution in [0, 0.1) is 6.92 Å². The number of ketones is 1. The maximum Gasteiger partial charge on any atom is 0.137 e. The van der Waals surface area contributed by atoms with E-state index >= 15 is 0 Å². The maximum atomic E-state index is 11.4. The predicted octanol–water partition coefficient (Wildman–Crippen LogP) is 3.78. The van der Waals surface area contributed by atoms with Crippen LogP contribution in [0.2, 0.25) is 0 Å². The Morgan fingerprint density at radius 2 is 1.89 bits per heavy atom. The number of halogens is 1. The van der Waals surface area contributed by atoms with Gasteiger partial charge >= 0.3 is 0 Å². The summed E-state index contributed by atoms with van der Waals surface area (Å²) in [7, 11) is 1.68. The van der Waals surface area contributed by atoms with E-state index in [9.17, 15) is 4.79 Å². The van der Waals surface area contributed by atoms with E-state index in [4.69, 9.17) is 4.74 Å². The molecule has 0 bridgehead atoms. The lowest BCUT2D eigenvalue weighted by atomic mass is 9.85. The minimum atomic E-state index is 0.180. The quantitative estimate of drug-likeness (QED) is 0.849. The van der Waals surface area contributed by atoms with Crippen LogP contribution in [-0.2, 0) is 24.1 Å². The highest BCUT2D eigenvalue weighted by atomic mass is 79.9. The topological polar surface area (TPSA) is 26.3 Å². The number of ether oxygens (including phenoxy) is 1. The maximum absolute atomic E-state index is 11.4. The molecule has 1 aromatic carbocycles. The van der Waals surface area contributed by atoms with Crippen LogP contribution in [0.25, 0.3) is 0 Å². The SMILES string of the molecule is COc1c(Br)c2c(c(C)c1CC(C)=O)CCCC2. The first-order valence-electron chi connectivity index (χ1n) is 6.42. The molecule has 0 spiro atoms. The summed E-state index contributed by atoms with van der Waals surface area (Å²) in [6.45, 7) is 3.75. The van der Waals surface area contributed by atoms with Gasteiger partial charge in [-0.2, -0.15) is 0 Å². The van der Waals surface area contributed by atoms with E-state index < -0.39 is 0 Å². The molecule has 0 aliphatic heterocycles. The largest absolute Gasteiger partial charge is 0.495 e. The van der Waals surface area contributed by atoms with E-state index in [-0.39, 0.29) is 5.78 Å². The van der Waals surface area contributed by atoms with Crippen LogP contribution in [0.15, 0.2) is 4.47 Å². The van der Waals surface area contributed by atoms with Crippen LogP contribution >= 0.6 is 15.9 Å². The van der Waals surface area contributed by atoms with Gasteiger partial charge in [0.1, 0.15) is 11.5 Å². The standard InChI is InChI=1S/C15H19BrO2/c1-9(17)8-13-10(2)11-6-4-5-7-12(11)14(16)15(13)18-3/h4-8H2,1-3H3. The van der Waals surface area contributed by atoms with E-state index in [0.717, 1.165) is 28.6 Å². The smallest absolute Gasteiger partial charge is 0.137 e. The summed E-state index contributed by atoms with van der Waals surface area (Å²) >= 11 is 3.67. The number of methoxy groups -OCH3 is 1. The molecular weight excluding hydrogens is 292 g/mol. The average molecular weight is 311 g/mol. The van der Waals surface area contributed by atoms with Crippen LogP contribution in [0.4, 0.5) is 0 Å². The van der Waals surface area contributed by atoms with Gasteiger partial charge < -0.3 is 4.74 Å². The number of rotatable bonds is 3. The molecule has 18 heavy (non-hydrogen) atoms. The lowest BCUT2D eigenvalue weighted by Crippen LogP contribution is -2.12. The van der Waals surface area contributed by atoms with Crippen LogP contribution in [0.3, 0.4) is 0 Å². The number of benzene rings is 1. The van der Waals surface area contributed by atoms with Crippen molar-refractivity contribution in [2.45, 2.75) is 46.0 Å². The summed E-state index contributed by atoms with van der Waals surface area (Å²) in [4.78, 5) is 11.4. The molecule has 0 atom stereocenters. The summed E-state index contributed by atoms with van der Waals surface area (Å²) in [5, 5.41) is 0. The molecule has 0 amide bonds. The number of carbonyl (C=O) groups is 1. The lowest BCUT2D eigenvalue weighted by Gasteiger charge is -2.24. The van der Waals surface area contributed by atoms with Crippen LogP contribution < -0.4 is 4.74 Å². The Hall–Kier alpha value is -0.830. The molecule has 0 unspecified atom stereocenters. The second-order valence-electron chi connectivity index (χ2n) is 4.99. The van der Waals surface area contributed by atoms with Gasteiger partial charge in [-0.3, -0.25) is 4.79 Å². The summed E-state index contributed by atoms with van der Waals surface area (Å²) in [6.07, 6.45) is 5.16. The average Bonchev–Trinajstić information content (AvgIpc) is 2.36. The molecule has 0 saturated carbocycles. The fourth-order valence-corrected chi connectivity index (χ4v) is 3.70. The Labute approximate surface area is 117 Å². The van der Waals surface area contributed by atoms with Crippen molar-refractivity contribution >= 4 is 21.7 Å². The third-order valence-electron chi connectivity index (χ3n) is 3.74. The highest BCUT2D eigenvalue weighted by Crippen LogP contribution is 2.41. The van der Waals surface area contributed by atoms with Crippen LogP contribution in [0.5, 0.6) is 5.75 Å². The monoisotopic (exact) mass is 310 g/mol.